The van der Waals surface area contributed by atoms with Crippen LogP contribution >= 0.6 is 27.5 Å². The summed E-state index contributed by atoms with van der Waals surface area (Å²) in [4.78, 5) is 0. The maximum atomic E-state index is 6.17. The molecule has 0 aliphatic rings. The van der Waals surface area contributed by atoms with Crippen LogP contribution in [0.1, 0.15) is 30.0 Å². The molecule has 2 aromatic rings. The number of nitrogens with one attached hydrogen (secondary N) is 1. The predicted octanol–water partition coefficient (Wildman–Crippen LogP) is 4.71. The minimum atomic E-state index is -0.0985. The highest BCUT2D eigenvalue weighted by molar-refractivity contribution is 9.10. The molecule has 1 aromatic carbocycles. The number of aryl methyl sites for hydroxylation is 1. The Morgan fingerprint density at radius 2 is 2.15 bits per heavy atom. The number of methoxy groups -OCH3 is 1. The average molecular weight is 359 g/mol. The molecule has 1 aromatic heterocycles. The number of hydrogen-bond acceptors (Lipinski definition) is 3. The van der Waals surface area contributed by atoms with E-state index in [2.05, 4.69) is 28.2 Å². The first-order chi connectivity index (χ1) is 9.56. The zero-order valence-corrected chi connectivity index (χ0v) is 14.0. The molecule has 3 nitrogen and oxygen atoms in total. The summed E-state index contributed by atoms with van der Waals surface area (Å²) >= 11 is 9.66. The third-order valence-electron chi connectivity index (χ3n) is 3.01. The van der Waals surface area contributed by atoms with Crippen molar-refractivity contribution in [2.75, 3.05) is 13.7 Å². The minimum absolute atomic E-state index is 0.0985. The maximum absolute atomic E-state index is 6.17. The fourth-order valence-electron chi connectivity index (χ4n) is 2.19. The van der Waals surface area contributed by atoms with Gasteiger partial charge < -0.3 is 14.5 Å². The highest BCUT2D eigenvalue weighted by Gasteiger charge is 2.22. The number of ether oxygens (including phenoxy) is 1. The Morgan fingerprint density at radius 3 is 2.70 bits per heavy atom. The number of benzene rings is 1. The molecular formula is C15H17BrClNO2. The van der Waals surface area contributed by atoms with Gasteiger partial charge in [-0.2, -0.15) is 0 Å². The Kier molecular flexibility index (Phi) is 5.13. The molecule has 0 fully saturated rings. The van der Waals surface area contributed by atoms with E-state index in [0.29, 0.717) is 5.02 Å². The lowest BCUT2D eigenvalue weighted by molar-refractivity contribution is 0.388. The van der Waals surface area contributed by atoms with E-state index in [0.717, 1.165) is 33.9 Å². The van der Waals surface area contributed by atoms with Crippen LogP contribution in [0.2, 0.25) is 5.02 Å². The summed E-state index contributed by atoms with van der Waals surface area (Å²) in [5.41, 5.74) is 0.947. The topological polar surface area (TPSA) is 34.4 Å². The molecular weight excluding hydrogens is 342 g/mol. The summed E-state index contributed by atoms with van der Waals surface area (Å²) in [6.45, 7) is 4.78. The van der Waals surface area contributed by atoms with Gasteiger partial charge in [-0.25, -0.2) is 0 Å². The highest BCUT2D eigenvalue weighted by atomic mass is 79.9. The number of hydrogen-bond donors (Lipinski definition) is 1. The van der Waals surface area contributed by atoms with Crippen LogP contribution in [-0.2, 0) is 0 Å². The highest BCUT2D eigenvalue weighted by Crippen LogP contribution is 2.38. The van der Waals surface area contributed by atoms with Crippen LogP contribution in [0.5, 0.6) is 5.75 Å². The normalized spacial score (nSPS) is 12.4. The first kappa shape index (κ1) is 15.4. The van der Waals surface area contributed by atoms with Crippen LogP contribution in [0.4, 0.5) is 0 Å². The van der Waals surface area contributed by atoms with Crippen LogP contribution in [0.25, 0.3) is 0 Å². The van der Waals surface area contributed by atoms with E-state index in [1.165, 1.54) is 0 Å². The van der Waals surface area contributed by atoms with Crippen molar-refractivity contribution >= 4 is 27.5 Å². The molecule has 0 bridgehead atoms. The Bertz CT molecular complexity index is 598. The molecule has 1 N–H and O–H groups in total. The number of rotatable bonds is 5. The summed E-state index contributed by atoms with van der Waals surface area (Å²) in [6.07, 6.45) is 0. The van der Waals surface area contributed by atoms with Crippen molar-refractivity contribution in [3.8, 4) is 5.75 Å². The van der Waals surface area contributed by atoms with E-state index < -0.39 is 0 Å². The van der Waals surface area contributed by atoms with Crippen LogP contribution in [0.15, 0.2) is 33.2 Å². The van der Waals surface area contributed by atoms with Gasteiger partial charge in [-0.15, -0.1) is 0 Å². The van der Waals surface area contributed by atoms with Gasteiger partial charge in [0.2, 0.25) is 0 Å². The smallest absolute Gasteiger partial charge is 0.138 e. The van der Waals surface area contributed by atoms with E-state index in [9.17, 15) is 0 Å². The summed E-state index contributed by atoms with van der Waals surface area (Å²) in [7, 11) is 1.65. The largest absolute Gasteiger partial charge is 0.495 e. The molecule has 0 aliphatic carbocycles. The zero-order valence-electron chi connectivity index (χ0n) is 11.7. The Labute approximate surface area is 132 Å². The van der Waals surface area contributed by atoms with Crippen LogP contribution < -0.4 is 10.1 Å². The molecule has 0 spiro atoms. The van der Waals surface area contributed by atoms with Crippen molar-refractivity contribution in [3.63, 3.8) is 0 Å². The first-order valence-corrected chi connectivity index (χ1v) is 7.56. The van der Waals surface area contributed by atoms with E-state index in [1.807, 2.05) is 31.2 Å². The SMILES string of the molecule is CCNC(c1ccc(C)o1)c1cc(Cl)cc(Br)c1OC. The van der Waals surface area contributed by atoms with Crippen molar-refractivity contribution in [3.05, 3.63) is 50.8 Å². The van der Waals surface area contributed by atoms with Gasteiger partial charge in [0.25, 0.3) is 0 Å². The maximum Gasteiger partial charge on any atom is 0.138 e. The Hall–Kier alpha value is -0.970. The molecule has 2 rings (SSSR count). The molecule has 0 aliphatic heterocycles. The van der Waals surface area contributed by atoms with Gasteiger partial charge in [-0.1, -0.05) is 18.5 Å². The monoisotopic (exact) mass is 357 g/mol. The van der Waals surface area contributed by atoms with Crippen LogP contribution in [-0.4, -0.2) is 13.7 Å². The fraction of sp³-hybridized carbons (Fsp3) is 0.333. The van der Waals surface area contributed by atoms with Gasteiger partial charge in [0, 0.05) is 10.6 Å². The minimum Gasteiger partial charge on any atom is -0.495 e. The van der Waals surface area contributed by atoms with Crippen molar-refractivity contribution in [2.24, 2.45) is 0 Å². The number of halogens is 2. The average Bonchev–Trinajstić information content (AvgIpc) is 2.81. The number of furan rings is 1. The molecule has 0 saturated heterocycles. The lowest BCUT2D eigenvalue weighted by Gasteiger charge is -2.20. The van der Waals surface area contributed by atoms with E-state index >= 15 is 0 Å². The Balaban J connectivity index is 2.54. The molecule has 108 valence electrons. The van der Waals surface area contributed by atoms with E-state index in [4.69, 9.17) is 20.8 Å². The standard InChI is InChI=1S/C15H17BrClNO2/c1-4-18-14(13-6-5-9(2)20-13)11-7-10(17)8-12(16)15(11)19-3/h5-8,14,18H,4H2,1-3H3. The van der Waals surface area contributed by atoms with Gasteiger partial charge in [-0.05, 0) is 53.7 Å². The molecule has 1 atom stereocenters. The van der Waals surface area contributed by atoms with Gasteiger partial charge in [0.1, 0.15) is 17.3 Å². The third kappa shape index (κ3) is 3.19. The summed E-state index contributed by atoms with van der Waals surface area (Å²) in [5, 5.41) is 4.06. The second kappa shape index (κ2) is 6.66. The van der Waals surface area contributed by atoms with Gasteiger partial charge in [0.05, 0.1) is 17.6 Å². The quantitative estimate of drug-likeness (QED) is 0.840. The van der Waals surface area contributed by atoms with Crippen LogP contribution in [0, 0.1) is 6.92 Å². The zero-order chi connectivity index (χ0) is 14.7. The summed E-state index contributed by atoms with van der Waals surface area (Å²) in [6, 6.07) is 7.54. The van der Waals surface area contributed by atoms with Crippen molar-refractivity contribution in [2.45, 2.75) is 19.9 Å². The Morgan fingerprint density at radius 1 is 1.40 bits per heavy atom. The van der Waals surface area contributed by atoms with Crippen molar-refractivity contribution in [1.29, 1.82) is 0 Å². The molecule has 1 heterocycles. The van der Waals surface area contributed by atoms with Crippen molar-refractivity contribution < 1.29 is 9.15 Å². The summed E-state index contributed by atoms with van der Waals surface area (Å²) < 4.78 is 12.1. The third-order valence-corrected chi connectivity index (χ3v) is 3.81. The fourth-order valence-corrected chi connectivity index (χ4v) is 3.18. The molecule has 20 heavy (non-hydrogen) atoms. The summed E-state index contributed by atoms with van der Waals surface area (Å²) in [5.74, 6) is 2.48. The predicted molar refractivity (Wildman–Crippen MR) is 84.7 cm³/mol. The van der Waals surface area contributed by atoms with Crippen LogP contribution in [0.3, 0.4) is 0 Å². The first-order valence-electron chi connectivity index (χ1n) is 6.39. The van der Waals surface area contributed by atoms with E-state index in [-0.39, 0.29) is 6.04 Å². The second-order valence-electron chi connectivity index (χ2n) is 4.45. The second-order valence-corrected chi connectivity index (χ2v) is 5.74. The van der Waals surface area contributed by atoms with Gasteiger partial charge in [0.15, 0.2) is 0 Å². The van der Waals surface area contributed by atoms with E-state index in [1.54, 1.807) is 7.11 Å². The molecule has 5 heteroatoms. The molecule has 0 radical (unpaired) electrons. The lowest BCUT2D eigenvalue weighted by Crippen LogP contribution is -2.22. The molecule has 0 saturated carbocycles. The lowest BCUT2D eigenvalue weighted by atomic mass is 10.0. The van der Waals surface area contributed by atoms with Gasteiger partial charge in [-0.3, -0.25) is 0 Å². The molecule has 1 unspecified atom stereocenters. The molecule has 0 amide bonds. The van der Waals surface area contributed by atoms with Gasteiger partial charge >= 0.3 is 0 Å². The van der Waals surface area contributed by atoms with Crippen molar-refractivity contribution in [1.82, 2.24) is 5.32 Å².